The number of nitrogens with one attached hydrogen (secondary N) is 1. The first kappa shape index (κ1) is 21.5. The number of anilines is 1. The lowest BCUT2D eigenvalue weighted by Crippen LogP contribution is -2.40. The second-order valence-corrected chi connectivity index (χ2v) is 8.78. The van der Waals surface area contributed by atoms with Gasteiger partial charge in [-0.05, 0) is 62.0 Å². The van der Waals surface area contributed by atoms with Gasteiger partial charge < -0.3 is 11.1 Å². The zero-order valence-electron chi connectivity index (χ0n) is 18.0. The second kappa shape index (κ2) is 10.1. The van der Waals surface area contributed by atoms with Crippen molar-refractivity contribution in [2.75, 3.05) is 25.0 Å². The molecule has 0 saturated carbocycles. The number of primary amides is 1. The highest BCUT2D eigenvalue weighted by atomic mass is 16.2. The van der Waals surface area contributed by atoms with E-state index in [1.54, 1.807) is 0 Å². The summed E-state index contributed by atoms with van der Waals surface area (Å²) in [4.78, 5) is 29.0. The van der Waals surface area contributed by atoms with E-state index in [0.717, 1.165) is 64.1 Å². The molecule has 0 spiro atoms. The normalized spacial score (nSPS) is 22.3. The third-order valence-corrected chi connectivity index (χ3v) is 6.43. The molecule has 3 N–H and O–H groups in total. The van der Waals surface area contributed by atoms with Gasteiger partial charge in [0.2, 0.25) is 11.8 Å². The van der Waals surface area contributed by atoms with E-state index in [4.69, 9.17) is 5.73 Å². The molecule has 2 fully saturated rings. The van der Waals surface area contributed by atoms with Crippen LogP contribution >= 0.6 is 0 Å². The van der Waals surface area contributed by atoms with Crippen molar-refractivity contribution in [1.82, 2.24) is 9.80 Å². The zero-order valence-corrected chi connectivity index (χ0v) is 18.0. The lowest BCUT2D eigenvalue weighted by Gasteiger charge is -2.31. The Balaban J connectivity index is 1.31. The van der Waals surface area contributed by atoms with Gasteiger partial charge in [0.1, 0.15) is 0 Å². The number of benzene rings is 2. The summed E-state index contributed by atoms with van der Waals surface area (Å²) in [5, 5.41) is 3.10. The Labute approximate surface area is 184 Å². The Kier molecular flexibility index (Phi) is 6.99. The lowest BCUT2D eigenvalue weighted by atomic mass is 9.97. The van der Waals surface area contributed by atoms with Gasteiger partial charge in [0.15, 0.2) is 0 Å². The fourth-order valence-electron chi connectivity index (χ4n) is 4.74. The number of amides is 2. The Morgan fingerprint density at radius 2 is 1.61 bits per heavy atom. The average molecular weight is 421 g/mol. The summed E-state index contributed by atoms with van der Waals surface area (Å²) >= 11 is 0. The molecule has 0 aromatic heterocycles. The van der Waals surface area contributed by atoms with Crippen LogP contribution in [0.4, 0.5) is 5.69 Å². The molecule has 2 aromatic rings. The maximum atomic E-state index is 12.9. The van der Waals surface area contributed by atoms with Crippen molar-refractivity contribution in [2.45, 2.75) is 44.8 Å². The minimum absolute atomic E-state index is 0.0439. The van der Waals surface area contributed by atoms with Crippen molar-refractivity contribution < 1.29 is 9.59 Å². The van der Waals surface area contributed by atoms with Crippen molar-refractivity contribution in [3.05, 3.63) is 65.7 Å². The van der Waals surface area contributed by atoms with Crippen LogP contribution in [0.5, 0.6) is 0 Å². The Bertz CT molecular complexity index is 884. The standard InChI is InChI=1S/C25H32N4O2/c26-24(30)21-8-4-14-28(18-21)16-20-10-12-22(13-11-20)27-25(31)23-9-5-15-29(23)17-19-6-2-1-3-7-19/h1-3,6-7,10-13,21,23H,4-5,8-9,14-18H2,(H2,26,30)(H,27,31)/t21-,23-/m0/s1. The topological polar surface area (TPSA) is 78.7 Å². The summed E-state index contributed by atoms with van der Waals surface area (Å²) in [6.45, 7) is 4.27. The Morgan fingerprint density at radius 1 is 0.903 bits per heavy atom. The Morgan fingerprint density at radius 3 is 2.35 bits per heavy atom. The number of hydrogen-bond acceptors (Lipinski definition) is 4. The van der Waals surface area contributed by atoms with Crippen LogP contribution in [0.3, 0.4) is 0 Å². The number of rotatable bonds is 7. The van der Waals surface area contributed by atoms with Crippen LogP contribution in [0.1, 0.15) is 36.8 Å². The molecule has 0 unspecified atom stereocenters. The van der Waals surface area contributed by atoms with Crippen LogP contribution in [0.25, 0.3) is 0 Å². The second-order valence-electron chi connectivity index (χ2n) is 8.78. The van der Waals surface area contributed by atoms with E-state index in [1.807, 2.05) is 30.3 Å². The van der Waals surface area contributed by atoms with Crippen LogP contribution in [0, 0.1) is 5.92 Å². The third-order valence-electron chi connectivity index (χ3n) is 6.43. The fourth-order valence-corrected chi connectivity index (χ4v) is 4.74. The number of nitrogens with zero attached hydrogens (tertiary/aromatic N) is 2. The molecule has 4 rings (SSSR count). The molecule has 2 saturated heterocycles. The molecule has 2 aliphatic rings. The van der Waals surface area contributed by atoms with Gasteiger partial charge in [0.25, 0.3) is 0 Å². The van der Waals surface area contributed by atoms with Crippen molar-refractivity contribution in [1.29, 1.82) is 0 Å². The monoisotopic (exact) mass is 420 g/mol. The molecule has 31 heavy (non-hydrogen) atoms. The van der Waals surface area contributed by atoms with Gasteiger partial charge in [-0.2, -0.15) is 0 Å². The van der Waals surface area contributed by atoms with Gasteiger partial charge in [-0.3, -0.25) is 19.4 Å². The number of hydrogen-bond donors (Lipinski definition) is 2. The van der Waals surface area contributed by atoms with E-state index in [1.165, 1.54) is 11.1 Å². The maximum Gasteiger partial charge on any atom is 0.241 e. The van der Waals surface area contributed by atoms with E-state index in [2.05, 4.69) is 39.4 Å². The molecule has 164 valence electrons. The minimum Gasteiger partial charge on any atom is -0.369 e. The van der Waals surface area contributed by atoms with Gasteiger partial charge in [-0.1, -0.05) is 42.5 Å². The highest BCUT2D eigenvalue weighted by molar-refractivity contribution is 5.95. The minimum atomic E-state index is -0.198. The van der Waals surface area contributed by atoms with Crippen LogP contribution in [0.15, 0.2) is 54.6 Å². The average Bonchev–Trinajstić information content (AvgIpc) is 3.24. The summed E-state index contributed by atoms with van der Waals surface area (Å²) in [6, 6.07) is 18.3. The van der Waals surface area contributed by atoms with Crippen molar-refractivity contribution in [2.24, 2.45) is 11.7 Å². The van der Waals surface area contributed by atoms with Crippen molar-refractivity contribution in [3.63, 3.8) is 0 Å². The lowest BCUT2D eigenvalue weighted by molar-refractivity contribution is -0.123. The summed E-state index contributed by atoms with van der Waals surface area (Å²) in [7, 11) is 0. The van der Waals surface area contributed by atoms with Crippen LogP contribution < -0.4 is 11.1 Å². The molecular formula is C25H32N4O2. The van der Waals surface area contributed by atoms with Gasteiger partial charge >= 0.3 is 0 Å². The molecule has 0 bridgehead atoms. The smallest absolute Gasteiger partial charge is 0.241 e. The maximum absolute atomic E-state index is 12.9. The van der Waals surface area contributed by atoms with E-state index >= 15 is 0 Å². The molecule has 0 radical (unpaired) electrons. The highest BCUT2D eigenvalue weighted by Gasteiger charge is 2.30. The van der Waals surface area contributed by atoms with E-state index in [9.17, 15) is 9.59 Å². The number of carbonyl (C=O) groups excluding carboxylic acids is 2. The fraction of sp³-hybridized carbons (Fsp3) is 0.440. The highest BCUT2D eigenvalue weighted by Crippen LogP contribution is 2.23. The predicted molar refractivity (Wildman–Crippen MR) is 122 cm³/mol. The number of likely N-dealkylation sites (tertiary alicyclic amines) is 2. The van der Waals surface area contributed by atoms with Crippen molar-refractivity contribution in [3.8, 4) is 0 Å². The SMILES string of the molecule is NC(=O)[C@H]1CCCN(Cc2ccc(NC(=O)[C@@H]3CCCN3Cc3ccccc3)cc2)C1. The number of piperidine rings is 1. The first-order valence-electron chi connectivity index (χ1n) is 11.3. The zero-order chi connectivity index (χ0) is 21.6. The summed E-state index contributed by atoms with van der Waals surface area (Å²) in [5.41, 5.74) is 8.73. The number of carbonyl (C=O) groups is 2. The predicted octanol–water partition coefficient (Wildman–Crippen LogP) is 2.99. The molecule has 2 aliphatic heterocycles. The van der Waals surface area contributed by atoms with Gasteiger partial charge in [-0.25, -0.2) is 0 Å². The van der Waals surface area contributed by atoms with E-state index in [-0.39, 0.29) is 23.8 Å². The molecule has 2 heterocycles. The van der Waals surface area contributed by atoms with Crippen LogP contribution in [-0.4, -0.2) is 47.3 Å². The molecular weight excluding hydrogens is 388 g/mol. The van der Waals surface area contributed by atoms with Crippen LogP contribution in [0.2, 0.25) is 0 Å². The van der Waals surface area contributed by atoms with Gasteiger partial charge in [-0.15, -0.1) is 0 Å². The van der Waals surface area contributed by atoms with Crippen LogP contribution in [-0.2, 0) is 22.7 Å². The molecule has 2 atom stereocenters. The van der Waals surface area contributed by atoms with Gasteiger partial charge in [0, 0.05) is 25.3 Å². The molecule has 2 aromatic carbocycles. The van der Waals surface area contributed by atoms with E-state index in [0.29, 0.717) is 0 Å². The van der Waals surface area contributed by atoms with Crippen molar-refractivity contribution >= 4 is 17.5 Å². The molecule has 6 heteroatoms. The quantitative estimate of drug-likeness (QED) is 0.722. The summed E-state index contributed by atoms with van der Waals surface area (Å²) in [6.07, 6.45) is 3.83. The largest absolute Gasteiger partial charge is 0.369 e. The molecule has 6 nitrogen and oxygen atoms in total. The van der Waals surface area contributed by atoms with E-state index < -0.39 is 0 Å². The first-order valence-corrected chi connectivity index (χ1v) is 11.3. The molecule has 2 amide bonds. The third kappa shape index (κ3) is 5.71. The first-order chi connectivity index (χ1) is 15.1. The van der Waals surface area contributed by atoms with Gasteiger partial charge in [0.05, 0.1) is 12.0 Å². The Hall–Kier alpha value is -2.70. The summed E-state index contributed by atoms with van der Waals surface area (Å²) in [5.74, 6) is -0.171. The number of nitrogens with two attached hydrogens (primary N) is 1. The summed E-state index contributed by atoms with van der Waals surface area (Å²) < 4.78 is 0. The molecule has 0 aliphatic carbocycles.